The van der Waals surface area contributed by atoms with E-state index in [0.29, 0.717) is 64.6 Å². The van der Waals surface area contributed by atoms with Crippen LogP contribution in [0, 0.1) is 5.92 Å². The highest BCUT2D eigenvalue weighted by atomic mass is 79.9. The fourth-order valence-corrected chi connectivity index (χ4v) is 6.00. The van der Waals surface area contributed by atoms with Gasteiger partial charge in [0.15, 0.2) is 5.78 Å². The Kier molecular flexibility index (Phi) is 12.1. The number of carbonyl (C=O) groups is 3. The molecule has 0 aromatic heterocycles. The molecule has 0 aliphatic carbocycles. The van der Waals surface area contributed by atoms with Crippen LogP contribution in [-0.4, -0.2) is 75.8 Å². The van der Waals surface area contributed by atoms with Crippen molar-refractivity contribution in [3.63, 3.8) is 0 Å². The second kappa shape index (κ2) is 16.0. The number of ether oxygens (including phenoxy) is 4. The standard InChI is InChI=1S/C36H44BrN3O7/c1-36(2,3)47-35(43)40-17-15-23(16-18-40)21-39-32(41)22-38-30-14-13-28(34(42)24-7-10-26(44-4)11-8-24)29(33(30)37)19-25-9-12-27(45-5)20-31(25)46-6/h7-14,20,23,38H,15-19,21-22H2,1-6H3,(H,39,41). The molecule has 0 atom stereocenters. The van der Waals surface area contributed by atoms with E-state index in [1.54, 1.807) is 62.6 Å². The summed E-state index contributed by atoms with van der Waals surface area (Å²) in [5, 5.41) is 6.25. The van der Waals surface area contributed by atoms with Gasteiger partial charge in [0.2, 0.25) is 5.91 Å². The van der Waals surface area contributed by atoms with E-state index in [1.807, 2.05) is 39.0 Å². The minimum Gasteiger partial charge on any atom is -0.497 e. The summed E-state index contributed by atoms with van der Waals surface area (Å²) in [6.45, 7) is 7.35. The average molecular weight is 711 g/mol. The van der Waals surface area contributed by atoms with Crippen LogP contribution in [0.15, 0.2) is 59.1 Å². The predicted octanol–water partition coefficient (Wildman–Crippen LogP) is 6.47. The average Bonchev–Trinajstić information content (AvgIpc) is 3.06. The summed E-state index contributed by atoms with van der Waals surface area (Å²) in [7, 11) is 4.77. The zero-order valence-corrected chi connectivity index (χ0v) is 29.5. The Morgan fingerprint density at radius 1 is 0.894 bits per heavy atom. The Balaban J connectivity index is 1.45. The van der Waals surface area contributed by atoms with Crippen molar-refractivity contribution in [3.05, 3.63) is 81.3 Å². The molecule has 0 unspecified atom stereocenters. The Bertz CT molecular complexity index is 1560. The zero-order valence-electron chi connectivity index (χ0n) is 27.9. The molecule has 0 bridgehead atoms. The number of likely N-dealkylation sites (tertiary alicyclic amines) is 1. The van der Waals surface area contributed by atoms with Crippen LogP contribution in [0.1, 0.15) is 60.7 Å². The lowest BCUT2D eigenvalue weighted by molar-refractivity contribution is -0.119. The summed E-state index contributed by atoms with van der Waals surface area (Å²) >= 11 is 3.74. The van der Waals surface area contributed by atoms with Gasteiger partial charge < -0.3 is 34.5 Å². The molecular weight excluding hydrogens is 666 g/mol. The molecule has 0 saturated carbocycles. The number of piperidine rings is 1. The third kappa shape index (κ3) is 9.63. The van der Waals surface area contributed by atoms with Crippen molar-refractivity contribution >= 4 is 39.4 Å². The number of carbonyl (C=O) groups excluding carboxylic acids is 3. The number of ketones is 1. The van der Waals surface area contributed by atoms with E-state index in [0.717, 1.165) is 24.0 Å². The van der Waals surface area contributed by atoms with Gasteiger partial charge in [0.25, 0.3) is 0 Å². The number of hydrogen-bond acceptors (Lipinski definition) is 8. The number of anilines is 1. The maximum Gasteiger partial charge on any atom is 0.410 e. The number of rotatable bonds is 12. The molecule has 3 aromatic carbocycles. The molecule has 1 aliphatic rings. The number of methoxy groups -OCH3 is 3. The Morgan fingerprint density at radius 3 is 2.17 bits per heavy atom. The normalized spacial score (nSPS) is 13.5. The van der Waals surface area contributed by atoms with Crippen molar-refractivity contribution in [3.8, 4) is 17.2 Å². The topological polar surface area (TPSA) is 115 Å². The van der Waals surface area contributed by atoms with Gasteiger partial charge in [-0.2, -0.15) is 0 Å². The molecule has 2 amide bonds. The lowest BCUT2D eigenvalue weighted by Gasteiger charge is -2.33. The first-order valence-electron chi connectivity index (χ1n) is 15.6. The number of hydrogen-bond donors (Lipinski definition) is 2. The third-order valence-corrected chi connectivity index (χ3v) is 8.90. The fourth-order valence-electron chi connectivity index (χ4n) is 5.37. The highest BCUT2D eigenvalue weighted by Gasteiger charge is 2.27. The van der Waals surface area contributed by atoms with Gasteiger partial charge in [0.1, 0.15) is 22.8 Å². The number of nitrogens with one attached hydrogen (secondary N) is 2. The molecule has 1 heterocycles. The van der Waals surface area contributed by atoms with Gasteiger partial charge in [-0.25, -0.2) is 4.79 Å². The lowest BCUT2D eigenvalue weighted by Crippen LogP contribution is -2.44. The molecule has 4 rings (SSSR count). The quantitative estimate of drug-likeness (QED) is 0.206. The summed E-state index contributed by atoms with van der Waals surface area (Å²) in [5.74, 6) is 1.94. The highest BCUT2D eigenvalue weighted by Crippen LogP contribution is 2.35. The van der Waals surface area contributed by atoms with E-state index in [9.17, 15) is 14.4 Å². The summed E-state index contributed by atoms with van der Waals surface area (Å²) in [6, 6.07) is 16.1. The summed E-state index contributed by atoms with van der Waals surface area (Å²) < 4.78 is 22.4. The predicted molar refractivity (Wildman–Crippen MR) is 185 cm³/mol. The monoisotopic (exact) mass is 709 g/mol. The molecule has 11 heteroatoms. The SMILES string of the molecule is COc1ccc(C(=O)c2ccc(NCC(=O)NCC3CCN(C(=O)OC(C)(C)C)CC3)c(Br)c2Cc2ccc(OC)cc2OC)cc1. The molecule has 47 heavy (non-hydrogen) atoms. The maximum atomic E-state index is 13.8. The molecule has 1 fully saturated rings. The van der Waals surface area contributed by atoms with Gasteiger partial charge in [-0.1, -0.05) is 6.07 Å². The van der Waals surface area contributed by atoms with E-state index in [-0.39, 0.29) is 30.2 Å². The van der Waals surface area contributed by atoms with Crippen molar-refractivity contribution in [1.82, 2.24) is 10.2 Å². The van der Waals surface area contributed by atoms with E-state index >= 15 is 0 Å². The smallest absolute Gasteiger partial charge is 0.410 e. The number of halogens is 1. The van der Waals surface area contributed by atoms with E-state index in [1.165, 1.54) is 0 Å². The van der Waals surface area contributed by atoms with E-state index in [2.05, 4.69) is 26.6 Å². The van der Waals surface area contributed by atoms with Crippen LogP contribution in [0.25, 0.3) is 0 Å². The molecule has 0 radical (unpaired) electrons. The van der Waals surface area contributed by atoms with Crippen molar-refractivity contribution < 1.29 is 33.3 Å². The van der Waals surface area contributed by atoms with Gasteiger partial charge in [-0.15, -0.1) is 0 Å². The van der Waals surface area contributed by atoms with Crippen LogP contribution in [0.3, 0.4) is 0 Å². The molecule has 252 valence electrons. The van der Waals surface area contributed by atoms with Crippen LogP contribution >= 0.6 is 15.9 Å². The molecule has 0 spiro atoms. The molecule has 3 aromatic rings. The van der Waals surface area contributed by atoms with Crippen molar-refractivity contribution in [2.24, 2.45) is 5.92 Å². The number of benzene rings is 3. The molecule has 1 saturated heterocycles. The molecule has 1 aliphatic heterocycles. The Labute approximate surface area is 285 Å². The van der Waals surface area contributed by atoms with Crippen LogP contribution in [0.4, 0.5) is 10.5 Å². The number of nitrogens with zero attached hydrogens (tertiary/aromatic N) is 1. The van der Waals surface area contributed by atoms with Crippen LogP contribution in [-0.2, 0) is 16.0 Å². The minimum absolute atomic E-state index is 0.0480. The first-order valence-corrected chi connectivity index (χ1v) is 16.4. The first-order chi connectivity index (χ1) is 22.4. The van der Waals surface area contributed by atoms with Gasteiger partial charge >= 0.3 is 6.09 Å². The van der Waals surface area contributed by atoms with E-state index < -0.39 is 5.60 Å². The second-order valence-electron chi connectivity index (χ2n) is 12.4. The van der Waals surface area contributed by atoms with Gasteiger partial charge in [0.05, 0.1) is 27.9 Å². The van der Waals surface area contributed by atoms with Gasteiger partial charge in [-0.3, -0.25) is 9.59 Å². The summed E-state index contributed by atoms with van der Waals surface area (Å²) in [6.07, 6.45) is 1.67. The lowest BCUT2D eigenvalue weighted by atomic mass is 9.93. The number of amides is 2. The summed E-state index contributed by atoms with van der Waals surface area (Å²) in [4.78, 5) is 40.7. The van der Waals surface area contributed by atoms with Gasteiger partial charge in [-0.05, 0) is 109 Å². The zero-order chi connectivity index (χ0) is 34.1. The molecule has 10 nitrogen and oxygen atoms in total. The Hall–Kier alpha value is -4.25. The fraction of sp³-hybridized carbons (Fsp3) is 0.417. The van der Waals surface area contributed by atoms with Crippen molar-refractivity contribution in [2.45, 2.75) is 45.6 Å². The highest BCUT2D eigenvalue weighted by molar-refractivity contribution is 9.10. The third-order valence-electron chi connectivity index (χ3n) is 8.00. The molecule has 2 N–H and O–H groups in total. The van der Waals surface area contributed by atoms with Crippen LogP contribution in [0.5, 0.6) is 17.2 Å². The van der Waals surface area contributed by atoms with Crippen molar-refractivity contribution in [1.29, 1.82) is 0 Å². The second-order valence-corrected chi connectivity index (χ2v) is 13.2. The van der Waals surface area contributed by atoms with Crippen molar-refractivity contribution in [2.75, 3.05) is 52.8 Å². The van der Waals surface area contributed by atoms with Gasteiger partial charge in [0, 0.05) is 53.4 Å². The Morgan fingerprint density at radius 2 is 1.55 bits per heavy atom. The maximum absolute atomic E-state index is 13.8. The van der Waals surface area contributed by atoms with Crippen LogP contribution < -0.4 is 24.8 Å². The van der Waals surface area contributed by atoms with E-state index in [4.69, 9.17) is 18.9 Å². The van der Waals surface area contributed by atoms with Crippen LogP contribution in [0.2, 0.25) is 0 Å². The minimum atomic E-state index is -0.528. The molecular formula is C36H44BrN3O7. The largest absolute Gasteiger partial charge is 0.497 e. The first kappa shape index (κ1) is 35.6. The summed E-state index contributed by atoms with van der Waals surface area (Å²) in [5.41, 5.74) is 2.81.